The van der Waals surface area contributed by atoms with Crippen molar-refractivity contribution in [3.63, 3.8) is 0 Å². The van der Waals surface area contributed by atoms with Crippen molar-refractivity contribution in [1.29, 1.82) is 0 Å². The van der Waals surface area contributed by atoms with E-state index in [1.165, 1.54) is 0 Å². The van der Waals surface area contributed by atoms with Gasteiger partial charge in [-0.15, -0.1) is 11.6 Å². The first-order valence-corrected chi connectivity index (χ1v) is 4.24. The first-order chi connectivity index (χ1) is 5.36. The summed E-state index contributed by atoms with van der Waals surface area (Å²) >= 11 is 5.19. The maximum atomic E-state index is 5.19. The van der Waals surface area contributed by atoms with Crippen LogP contribution in [0, 0.1) is 0 Å². The molecule has 1 nitrogen and oxygen atoms in total. The third-order valence-electron chi connectivity index (χ3n) is 1.25. The minimum Gasteiger partial charge on any atom is -0.457 e. The van der Waals surface area contributed by atoms with Gasteiger partial charge in [0.2, 0.25) is 0 Å². The molecule has 11 heavy (non-hydrogen) atoms. The Balaban J connectivity index is 0.000000134. The Kier molecular flexibility index (Phi) is 3.24. The summed E-state index contributed by atoms with van der Waals surface area (Å²) in [5.74, 6) is 0.792. The van der Waals surface area contributed by atoms with Crippen LogP contribution in [-0.4, -0.2) is 5.88 Å². The van der Waals surface area contributed by atoms with E-state index in [1.807, 2.05) is 31.2 Å². The first kappa shape index (κ1) is 8.41. The van der Waals surface area contributed by atoms with Crippen molar-refractivity contribution in [1.82, 2.24) is 0 Å². The van der Waals surface area contributed by atoms with Crippen LogP contribution in [0.25, 0.3) is 11.2 Å². The quantitative estimate of drug-likeness (QED) is 0.597. The molecule has 0 fully saturated rings. The van der Waals surface area contributed by atoms with Crippen LogP contribution in [0.4, 0.5) is 0 Å². The fourth-order valence-electron chi connectivity index (χ4n) is 0.712. The van der Waals surface area contributed by atoms with Crippen molar-refractivity contribution < 1.29 is 4.42 Å². The van der Waals surface area contributed by atoms with Gasteiger partial charge in [-0.2, -0.15) is 0 Å². The van der Waals surface area contributed by atoms with Crippen LogP contribution in [0.1, 0.15) is 13.3 Å². The minimum absolute atomic E-state index is 0.792. The van der Waals surface area contributed by atoms with Crippen LogP contribution in [0.15, 0.2) is 28.7 Å². The van der Waals surface area contributed by atoms with Gasteiger partial charge in [-0.3, -0.25) is 0 Å². The monoisotopic (exact) mass is 170 g/mol. The van der Waals surface area contributed by atoms with E-state index in [1.54, 1.807) is 0 Å². The van der Waals surface area contributed by atoms with E-state index in [0.29, 0.717) is 0 Å². The van der Waals surface area contributed by atoms with Crippen LogP contribution in [0.5, 0.6) is 0 Å². The van der Waals surface area contributed by atoms with E-state index >= 15 is 0 Å². The molecule has 0 N–H and O–H groups in total. The molecule has 2 heterocycles. The summed E-state index contributed by atoms with van der Waals surface area (Å²) in [6.07, 6.45) is 1.08. The molecule has 0 spiro atoms. The summed E-state index contributed by atoms with van der Waals surface area (Å²) in [7, 11) is 0. The van der Waals surface area contributed by atoms with Gasteiger partial charge in [-0.25, -0.2) is 0 Å². The van der Waals surface area contributed by atoms with Gasteiger partial charge >= 0.3 is 0 Å². The highest BCUT2D eigenvalue weighted by Crippen LogP contribution is 2.13. The lowest BCUT2D eigenvalue weighted by molar-refractivity contribution is 0.675. The summed E-state index contributed by atoms with van der Waals surface area (Å²) in [5.41, 5.74) is 1.94. The maximum absolute atomic E-state index is 5.19. The van der Waals surface area contributed by atoms with Crippen molar-refractivity contribution in [2.24, 2.45) is 0 Å². The predicted octanol–water partition coefficient (Wildman–Crippen LogP) is 3.51. The largest absolute Gasteiger partial charge is 0.457 e. The molecule has 2 bridgehead atoms. The van der Waals surface area contributed by atoms with Gasteiger partial charge in [0.05, 0.1) is 0 Å². The molecule has 2 heteroatoms. The van der Waals surface area contributed by atoms with E-state index in [9.17, 15) is 0 Å². The average molecular weight is 171 g/mol. The lowest BCUT2D eigenvalue weighted by atomic mass is 10.4. The maximum Gasteiger partial charge on any atom is 0.127 e. The number of furan rings is 2. The van der Waals surface area contributed by atoms with Crippen LogP contribution in [-0.2, 0) is 0 Å². The summed E-state index contributed by atoms with van der Waals surface area (Å²) in [6, 6.07) is 7.81. The lowest BCUT2D eigenvalue weighted by Crippen LogP contribution is -1.55. The number of benzene rings is 1. The van der Waals surface area contributed by atoms with Gasteiger partial charge in [0.15, 0.2) is 0 Å². The molecule has 0 aliphatic heterocycles. The normalized spacial score (nSPS) is 9.64. The van der Waals surface area contributed by atoms with Gasteiger partial charge in [0, 0.05) is 5.88 Å². The second-order valence-electron chi connectivity index (χ2n) is 2.26. The van der Waals surface area contributed by atoms with E-state index in [4.69, 9.17) is 16.0 Å². The summed E-state index contributed by atoms with van der Waals surface area (Å²) < 4.78 is 5.08. The Morgan fingerprint density at radius 2 is 1.55 bits per heavy atom. The van der Waals surface area contributed by atoms with Crippen LogP contribution < -0.4 is 0 Å². The van der Waals surface area contributed by atoms with E-state index in [-0.39, 0.29) is 0 Å². The average Bonchev–Trinajstić information content (AvgIpc) is 2.67. The van der Waals surface area contributed by atoms with Gasteiger partial charge in [0.25, 0.3) is 0 Å². The highest BCUT2D eigenvalue weighted by atomic mass is 35.5. The second kappa shape index (κ2) is 4.24. The van der Waals surface area contributed by atoms with Crippen molar-refractivity contribution in [3.05, 3.63) is 24.3 Å². The fourth-order valence-corrected chi connectivity index (χ4v) is 0.712. The van der Waals surface area contributed by atoms with Crippen molar-refractivity contribution in [2.75, 3.05) is 5.88 Å². The zero-order valence-electron chi connectivity index (χ0n) is 6.51. The van der Waals surface area contributed by atoms with Crippen LogP contribution in [0.2, 0.25) is 0 Å². The number of alkyl halides is 1. The van der Waals surface area contributed by atoms with Gasteiger partial charge in [0.1, 0.15) is 11.2 Å². The van der Waals surface area contributed by atoms with Crippen molar-refractivity contribution in [2.45, 2.75) is 13.3 Å². The van der Waals surface area contributed by atoms with Crippen molar-refractivity contribution >= 4 is 22.8 Å². The molecule has 0 amide bonds. The van der Waals surface area contributed by atoms with Crippen LogP contribution in [0.3, 0.4) is 0 Å². The number of hydrogen-bond donors (Lipinski definition) is 0. The number of fused-ring (bicyclic) bond motifs is 2. The van der Waals surface area contributed by atoms with Gasteiger partial charge in [-0.05, 0) is 30.7 Å². The highest BCUT2D eigenvalue weighted by molar-refractivity contribution is 6.17. The highest BCUT2D eigenvalue weighted by Gasteiger charge is 1.91. The molecule has 2 rings (SSSR count). The molecular formula is C9H11ClO. The zero-order chi connectivity index (χ0) is 8.10. The van der Waals surface area contributed by atoms with Gasteiger partial charge in [-0.1, -0.05) is 6.92 Å². The molecule has 0 aliphatic carbocycles. The molecule has 0 aliphatic rings. The van der Waals surface area contributed by atoms with E-state index in [2.05, 4.69) is 0 Å². The third-order valence-corrected chi connectivity index (χ3v) is 1.63. The topological polar surface area (TPSA) is 13.1 Å². The minimum atomic E-state index is 0.792. The Morgan fingerprint density at radius 3 is 1.64 bits per heavy atom. The molecule has 0 saturated carbocycles. The Morgan fingerprint density at radius 1 is 1.18 bits per heavy atom. The summed E-state index contributed by atoms with van der Waals surface area (Å²) in [6.45, 7) is 2.05. The number of halogens is 1. The van der Waals surface area contributed by atoms with E-state index in [0.717, 1.165) is 23.5 Å². The molecule has 0 atom stereocenters. The van der Waals surface area contributed by atoms with Gasteiger partial charge < -0.3 is 4.42 Å². The Bertz CT molecular complexity index is 229. The molecular weight excluding hydrogens is 160 g/mol. The molecule has 0 saturated heterocycles. The number of rotatable bonds is 1. The SMILES string of the molecule is CCCCl.c1cc2ccc1o2. The Labute approximate surface area is 71.3 Å². The van der Waals surface area contributed by atoms with E-state index < -0.39 is 0 Å². The standard InChI is InChI=1S/C6H4O.C3H7Cl/c1-2-6-4-3-5(1)7-6;1-2-3-4/h1-4H;2-3H2,1H3. The van der Waals surface area contributed by atoms with Crippen LogP contribution >= 0.6 is 11.6 Å². The molecule has 0 radical (unpaired) electrons. The molecule has 60 valence electrons. The zero-order valence-corrected chi connectivity index (χ0v) is 7.27. The fraction of sp³-hybridized carbons (Fsp3) is 0.333. The lowest BCUT2D eigenvalue weighted by Gasteiger charge is -1.65. The second-order valence-corrected chi connectivity index (χ2v) is 2.64. The predicted molar refractivity (Wildman–Crippen MR) is 48.4 cm³/mol. The van der Waals surface area contributed by atoms with Crippen molar-refractivity contribution in [3.8, 4) is 0 Å². The third kappa shape index (κ3) is 2.43. The molecule has 2 aromatic heterocycles. The number of hydrogen-bond acceptors (Lipinski definition) is 1. The molecule has 0 aromatic carbocycles. The molecule has 2 aromatic rings. The Hall–Kier alpha value is -0.690. The molecule has 0 unspecified atom stereocenters. The first-order valence-electron chi connectivity index (χ1n) is 3.70. The summed E-state index contributed by atoms with van der Waals surface area (Å²) in [5, 5.41) is 0. The smallest absolute Gasteiger partial charge is 0.127 e. The summed E-state index contributed by atoms with van der Waals surface area (Å²) in [4.78, 5) is 0.